The van der Waals surface area contributed by atoms with E-state index in [4.69, 9.17) is 4.74 Å². The Kier molecular flexibility index (Phi) is 5.81. The number of hydrogen-bond donors (Lipinski definition) is 1. The number of nitrogens with one attached hydrogen (secondary N) is 1. The van der Waals surface area contributed by atoms with Crippen molar-refractivity contribution in [2.45, 2.75) is 38.6 Å². The Labute approximate surface area is 131 Å². The SMILES string of the molecule is CCC1CCCCN1C(=O)CNC(=O)c1ccccc1OC. The van der Waals surface area contributed by atoms with Gasteiger partial charge in [-0.2, -0.15) is 0 Å². The summed E-state index contributed by atoms with van der Waals surface area (Å²) in [5, 5.41) is 2.71. The van der Waals surface area contributed by atoms with E-state index in [-0.39, 0.29) is 18.4 Å². The van der Waals surface area contributed by atoms with Gasteiger partial charge in [0.05, 0.1) is 19.2 Å². The second-order valence-electron chi connectivity index (χ2n) is 5.53. The van der Waals surface area contributed by atoms with Crippen molar-refractivity contribution < 1.29 is 14.3 Å². The third kappa shape index (κ3) is 3.78. The van der Waals surface area contributed by atoms with Gasteiger partial charge in [-0.15, -0.1) is 0 Å². The lowest BCUT2D eigenvalue weighted by Gasteiger charge is -2.35. The molecule has 1 N–H and O–H groups in total. The fraction of sp³-hybridized carbons (Fsp3) is 0.529. The Balaban J connectivity index is 1.94. The van der Waals surface area contributed by atoms with Gasteiger partial charge >= 0.3 is 0 Å². The molecule has 1 heterocycles. The zero-order chi connectivity index (χ0) is 15.9. The number of rotatable bonds is 5. The number of amides is 2. The van der Waals surface area contributed by atoms with Crippen LogP contribution in [0.3, 0.4) is 0 Å². The maximum absolute atomic E-state index is 12.3. The molecule has 0 aromatic heterocycles. The first-order valence-corrected chi connectivity index (χ1v) is 7.88. The maximum Gasteiger partial charge on any atom is 0.255 e. The number of nitrogens with zero attached hydrogens (tertiary/aromatic N) is 1. The molecular weight excluding hydrogens is 280 g/mol. The molecule has 1 saturated heterocycles. The largest absolute Gasteiger partial charge is 0.496 e. The van der Waals surface area contributed by atoms with E-state index in [9.17, 15) is 9.59 Å². The van der Waals surface area contributed by atoms with Crippen LogP contribution in [0.1, 0.15) is 43.0 Å². The van der Waals surface area contributed by atoms with Crippen molar-refractivity contribution in [3.63, 3.8) is 0 Å². The second kappa shape index (κ2) is 7.82. The van der Waals surface area contributed by atoms with Crippen molar-refractivity contribution in [3.05, 3.63) is 29.8 Å². The van der Waals surface area contributed by atoms with E-state index >= 15 is 0 Å². The zero-order valence-electron chi connectivity index (χ0n) is 13.3. The van der Waals surface area contributed by atoms with Crippen LogP contribution in [0.15, 0.2) is 24.3 Å². The Morgan fingerprint density at radius 3 is 2.82 bits per heavy atom. The molecular formula is C17H24N2O3. The van der Waals surface area contributed by atoms with E-state index in [1.807, 2.05) is 4.90 Å². The van der Waals surface area contributed by atoms with Crippen LogP contribution in [0.2, 0.25) is 0 Å². The Hall–Kier alpha value is -2.04. The van der Waals surface area contributed by atoms with Crippen LogP contribution in [-0.4, -0.2) is 43.0 Å². The molecule has 1 atom stereocenters. The molecule has 22 heavy (non-hydrogen) atoms. The molecule has 5 heteroatoms. The summed E-state index contributed by atoms with van der Waals surface area (Å²) >= 11 is 0. The standard InChI is InChI=1S/C17H24N2O3/c1-3-13-8-6-7-11-19(13)16(20)12-18-17(21)14-9-4-5-10-15(14)22-2/h4-5,9-10,13H,3,6-8,11-12H2,1-2H3,(H,18,21). The van der Waals surface area contributed by atoms with Crippen LogP contribution in [-0.2, 0) is 4.79 Å². The number of carbonyl (C=O) groups is 2. The molecule has 1 aromatic carbocycles. The molecule has 0 spiro atoms. The summed E-state index contributed by atoms with van der Waals surface area (Å²) in [6.07, 6.45) is 4.24. The van der Waals surface area contributed by atoms with Crippen LogP contribution in [0.5, 0.6) is 5.75 Å². The minimum atomic E-state index is -0.282. The van der Waals surface area contributed by atoms with Crippen LogP contribution < -0.4 is 10.1 Å². The first-order chi connectivity index (χ1) is 10.7. The molecule has 0 bridgehead atoms. The second-order valence-corrected chi connectivity index (χ2v) is 5.53. The zero-order valence-corrected chi connectivity index (χ0v) is 13.3. The number of ether oxygens (including phenoxy) is 1. The van der Waals surface area contributed by atoms with E-state index in [1.54, 1.807) is 24.3 Å². The predicted molar refractivity (Wildman–Crippen MR) is 85.0 cm³/mol. The first kappa shape index (κ1) is 16.3. The summed E-state index contributed by atoms with van der Waals surface area (Å²) < 4.78 is 5.17. The van der Waals surface area contributed by atoms with Gasteiger partial charge in [0.1, 0.15) is 5.75 Å². The van der Waals surface area contributed by atoms with Gasteiger partial charge in [0.25, 0.3) is 5.91 Å². The van der Waals surface area contributed by atoms with Crippen molar-refractivity contribution in [3.8, 4) is 5.75 Å². The molecule has 1 fully saturated rings. The Bertz CT molecular complexity index is 530. The van der Waals surface area contributed by atoms with Crippen LogP contribution in [0, 0.1) is 0 Å². The molecule has 1 unspecified atom stereocenters. The highest BCUT2D eigenvalue weighted by atomic mass is 16.5. The summed E-state index contributed by atoms with van der Waals surface area (Å²) in [6.45, 7) is 2.93. The molecule has 1 aromatic rings. The average molecular weight is 304 g/mol. The number of likely N-dealkylation sites (tertiary alicyclic amines) is 1. The van der Waals surface area contributed by atoms with Gasteiger partial charge in [-0.05, 0) is 37.8 Å². The smallest absolute Gasteiger partial charge is 0.255 e. The minimum Gasteiger partial charge on any atom is -0.496 e. The first-order valence-electron chi connectivity index (χ1n) is 7.88. The molecule has 0 radical (unpaired) electrons. The molecule has 1 aliphatic heterocycles. The Morgan fingerprint density at radius 2 is 2.09 bits per heavy atom. The number of para-hydroxylation sites is 1. The maximum atomic E-state index is 12.3. The van der Waals surface area contributed by atoms with Crippen LogP contribution in [0.25, 0.3) is 0 Å². The fourth-order valence-corrected chi connectivity index (χ4v) is 2.94. The third-order valence-electron chi connectivity index (χ3n) is 4.17. The molecule has 0 saturated carbocycles. The topological polar surface area (TPSA) is 58.6 Å². The lowest BCUT2D eigenvalue weighted by atomic mass is 10.00. The lowest BCUT2D eigenvalue weighted by Crippen LogP contribution is -2.47. The molecule has 0 aliphatic carbocycles. The fourth-order valence-electron chi connectivity index (χ4n) is 2.94. The summed E-state index contributed by atoms with van der Waals surface area (Å²) in [5.41, 5.74) is 0.448. The van der Waals surface area contributed by atoms with Crippen molar-refractivity contribution in [2.75, 3.05) is 20.2 Å². The van der Waals surface area contributed by atoms with Crippen molar-refractivity contribution in [1.82, 2.24) is 10.2 Å². The molecule has 1 aliphatic rings. The third-order valence-corrected chi connectivity index (χ3v) is 4.17. The lowest BCUT2D eigenvalue weighted by molar-refractivity contribution is -0.133. The van der Waals surface area contributed by atoms with E-state index < -0.39 is 0 Å². The van der Waals surface area contributed by atoms with Gasteiger partial charge in [0, 0.05) is 12.6 Å². The van der Waals surface area contributed by atoms with Crippen LogP contribution >= 0.6 is 0 Å². The quantitative estimate of drug-likeness (QED) is 0.907. The highest BCUT2D eigenvalue weighted by Crippen LogP contribution is 2.20. The van der Waals surface area contributed by atoms with Gasteiger partial charge in [-0.3, -0.25) is 9.59 Å². The van der Waals surface area contributed by atoms with E-state index in [2.05, 4.69) is 12.2 Å². The summed E-state index contributed by atoms with van der Waals surface area (Å²) in [6, 6.07) is 7.31. The van der Waals surface area contributed by atoms with Gasteiger partial charge in [0.15, 0.2) is 0 Å². The molecule has 2 amide bonds. The van der Waals surface area contributed by atoms with Crippen molar-refractivity contribution in [1.29, 1.82) is 0 Å². The molecule has 5 nitrogen and oxygen atoms in total. The van der Waals surface area contributed by atoms with Gasteiger partial charge in [-0.1, -0.05) is 19.1 Å². The van der Waals surface area contributed by atoms with E-state index in [0.717, 1.165) is 25.8 Å². The number of hydrogen-bond acceptors (Lipinski definition) is 3. The van der Waals surface area contributed by atoms with E-state index in [1.165, 1.54) is 13.5 Å². The van der Waals surface area contributed by atoms with Gasteiger partial charge in [0.2, 0.25) is 5.91 Å². The Morgan fingerprint density at radius 1 is 1.32 bits per heavy atom. The highest BCUT2D eigenvalue weighted by Gasteiger charge is 2.25. The number of methoxy groups -OCH3 is 1. The van der Waals surface area contributed by atoms with Crippen molar-refractivity contribution >= 4 is 11.8 Å². The summed E-state index contributed by atoms with van der Waals surface area (Å²) in [4.78, 5) is 26.4. The number of piperidine rings is 1. The number of benzene rings is 1. The van der Waals surface area contributed by atoms with Gasteiger partial charge in [-0.25, -0.2) is 0 Å². The van der Waals surface area contributed by atoms with Crippen LogP contribution in [0.4, 0.5) is 0 Å². The van der Waals surface area contributed by atoms with Crippen molar-refractivity contribution in [2.24, 2.45) is 0 Å². The van der Waals surface area contributed by atoms with Gasteiger partial charge < -0.3 is 15.0 Å². The summed E-state index contributed by atoms with van der Waals surface area (Å²) in [7, 11) is 1.52. The number of carbonyl (C=O) groups excluding carboxylic acids is 2. The normalized spacial score (nSPS) is 17.9. The average Bonchev–Trinajstić information content (AvgIpc) is 2.59. The highest BCUT2D eigenvalue weighted by molar-refractivity contribution is 5.98. The molecule has 2 rings (SSSR count). The minimum absolute atomic E-state index is 0.00482. The van der Waals surface area contributed by atoms with E-state index in [0.29, 0.717) is 17.4 Å². The molecule has 120 valence electrons. The predicted octanol–water partition coefficient (Wildman–Crippen LogP) is 2.22. The monoisotopic (exact) mass is 304 g/mol. The summed E-state index contributed by atoms with van der Waals surface area (Å²) in [5.74, 6) is 0.225.